The first-order valence-electron chi connectivity index (χ1n) is 5.59. The Hall–Kier alpha value is -1.18. The minimum absolute atomic E-state index is 0.00708. The van der Waals surface area contributed by atoms with Gasteiger partial charge in [-0.3, -0.25) is 0 Å². The monoisotopic (exact) mass is 274 g/mol. The molecule has 100 valence electrons. The fourth-order valence-electron chi connectivity index (χ4n) is 1.85. The molecule has 1 aliphatic heterocycles. The second kappa shape index (κ2) is 5.21. The number of benzene rings is 1. The van der Waals surface area contributed by atoms with Crippen LogP contribution in [0.2, 0.25) is 0 Å². The number of nitrogens with one attached hydrogen (secondary N) is 2. The Kier molecular flexibility index (Phi) is 3.84. The molecule has 0 saturated carbocycles. The van der Waals surface area contributed by atoms with Gasteiger partial charge in [-0.2, -0.15) is 0 Å². The van der Waals surface area contributed by atoms with E-state index in [1.54, 1.807) is 0 Å². The molecule has 1 unspecified atom stereocenters. The van der Waals surface area contributed by atoms with Crippen molar-refractivity contribution in [3.63, 3.8) is 0 Å². The molecule has 1 atom stereocenters. The number of methoxy groups -OCH3 is 1. The third-order valence-corrected chi connectivity index (χ3v) is 4.33. The van der Waals surface area contributed by atoms with Gasteiger partial charge >= 0.3 is 0 Å². The summed E-state index contributed by atoms with van der Waals surface area (Å²) in [6.45, 7) is 1.40. The van der Waals surface area contributed by atoms with Gasteiger partial charge in [0.25, 0.3) is 0 Å². The largest absolute Gasteiger partial charge is 0.494 e. The summed E-state index contributed by atoms with van der Waals surface area (Å²) in [5, 5.41) is 3.07. The second-order valence-corrected chi connectivity index (χ2v) is 5.82. The molecule has 0 radical (unpaired) electrons. The molecule has 0 aliphatic carbocycles. The molecule has 1 aliphatic rings. The Bertz CT molecular complexity index is 527. The number of ether oxygens (including phenoxy) is 1. The number of sulfonamides is 1. The first-order valence-corrected chi connectivity index (χ1v) is 7.08. The Morgan fingerprint density at radius 3 is 2.89 bits per heavy atom. The molecule has 1 aromatic rings. The van der Waals surface area contributed by atoms with Crippen molar-refractivity contribution in [2.45, 2.75) is 17.4 Å². The van der Waals surface area contributed by atoms with E-state index in [1.165, 1.54) is 19.2 Å². The zero-order valence-electron chi connectivity index (χ0n) is 9.94. The summed E-state index contributed by atoms with van der Waals surface area (Å²) in [6.07, 6.45) is 0.748. The number of rotatable bonds is 4. The van der Waals surface area contributed by atoms with Crippen molar-refractivity contribution in [1.29, 1.82) is 0 Å². The molecule has 0 bridgehead atoms. The highest BCUT2D eigenvalue weighted by atomic mass is 32.2. The molecule has 1 fully saturated rings. The third kappa shape index (κ3) is 2.80. The maximum atomic E-state index is 13.2. The van der Waals surface area contributed by atoms with Crippen molar-refractivity contribution >= 4 is 10.0 Å². The number of hydrogen-bond acceptors (Lipinski definition) is 4. The molecule has 1 aromatic carbocycles. The van der Waals surface area contributed by atoms with Gasteiger partial charge in [-0.05, 0) is 25.1 Å². The van der Waals surface area contributed by atoms with Crippen LogP contribution in [0, 0.1) is 5.82 Å². The second-order valence-electron chi connectivity index (χ2n) is 4.11. The molecule has 18 heavy (non-hydrogen) atoms. The van der Waals surface area contributed by atoms with Crippen molar-refractivity contribution in [3.05, 3.63) is 24.0 Å². The van der Waals surface area contributed by atoms with E-state index in [9.17, 15) is 12.8 Å². The van der Waals surface area contributed by atoms with Crippen LogP contribution in [0.25, 0.3) is 0 Å². The summed E-state index contributed by atoms with van der Waals surface area (Å²) in [4.78, 5) is 0.00708. The predicted molar refractivity (Wildman–Crippen MR) is 64.5 cm³/mol. The summed E-state index contributed by atoms with van der Waals surface area (Å²) in [5.41, 5.74) is 0. The average Bonchev–Trinajstić information content (AvgIpc) is 2.81. The van der Waals surface area contributed by atoms with Gasteiger partial charge in [0.05, 0.1) is 12.0 Å². The molecule has 5 nitrogen and oxygen atoms in total. The van der Waals surface area contributed by atoms with E-state index in [1.807, 2.05) is 0 Å². The Morgan fingerprint density at radius 2 is 2.28 bits per heavy atom. The first kappa shape index (κ1) is 13.3. The normalized spacial score (nSPS) is 20.0. The van der Waals surface area contributed by atoms with Gasteiger partial charge in [0.15, 0.2) is 11.6 Å². The van der Waals surface area contributed by atoms with Crippen LogP contribution in [0.1, 0.15) is 6.42 Å². The highest BCUT2D eigenvalue weighted by molar-refractivity contribution is 7.89. The zero-order valence-corrected chi connectivity index (χ0v) is 10.8. The highest BCUT2D eigenvalue weighted by Crippen LogP contribution is 2.21. The van der Waals surface area contributed by atoms with Crippen molar-refractivity contribution in [1.82, 2.24) is 10.0 Å². The summed E-state index contributed by atoms with van der Waals surface area (Å²) < 4.78 is 44.7. The molecule has 2 rings (SSSR count). The molecule has 2 N–H and O–H groups in total. The van der Waals surface area contributed by atoms with Crippen LogP contribution in [-0.4, -0.2) is 34.7 Å². The Labute approximate surface area is 105 Å². The summed E-state index contributed by atoms with van der Waals surface area (Å²) >= 11 is 0. The lowest BCUT2D eigenvalue weighted by Gasteiger charge is -2.12. The average molecular weight is 274 g/mol. The van der Waals surface area contributed by atoms with E-state index in [0.29, 0.717) is 6.54 Å². The van der Waals surface area contributed by atoms with Crippen molar-refractivity contribution in [3.8, 4) is 5.75 Å². The Morgan fingerprint density at radius 1 is 1.50 bits per heavy atom. The number of halogens is 1. The van der Waals surface area contributed by atoms with Gasteiger partial charge < -0.3 is 10.1 Å². The molecular weight excluding hydrogens is 259 g/mol. The van der Waals surface area contributed by atoms with Crippen molar-refractivity contribution in [2.24, 2.45) is 0 Å². The molecule has 1 heterocycles. The Balaban J connectivity index is 2.23. The maximum absolute atomic E-state index is 13.2. The fourth-order valence-corrected chi connectivity index (χ4v) is 3.14. The van der Waals surface area contributed by atoms with E-state index in [2.05, 4.69) is 10.0 Å². The lowest BCUT2D eigenvalue weighted by molar-refractivity contribution is 0.385. The topological polar surface area (TPSA) is 67.4 Å². The summed E-state index contributed by atoms with van der Waals surface area (Å²) in [5.74, 6) is -0.665. The minimum Gasteiger partial charge on any atom is -0.494 e. The van der Waals surface area contributed by atoms with E-state index in [-0.39, 0.29) is 16.7 Å². The van der Waals surface area contributed by atoms with Crippen LogP contribution in [0.4, 0.5) is 4.39 Å². The quantitative estimate of drug-likeness (QED) is 0.838. The molecule has 0 aromatic heterocycles. The first-order chi connectivity index (χ1) is 8.53. The SMILES string of the molecule is COc1cc(S(=O)(=O)NC2CCNC2)ccc1F. The molecule has 7 heteroatoms. The van der Waals surface area contributed by atoms with Crippen molar-refractivity contribution in [2.75, 3.05) is 20.2 Å². The van der Waals surface area contributed by atoms with Gasteiger partial charge in [0, 0.05) is 18.7 Å². The lowest BCUT2D eigenvalue weighted by Crippen LogP contribution is -2.36. The van der Waals surface area contributed by atoms with Gasteiger partial charge in [-0.1, -0.05) is 0 Å². The van der Waals surface area contributed by atoms with Gasteiger partial charge in [-0.25, -0.2) is 17.5 Å². The van der Waals surface area contributed by atoms with E-state index < -0.39 is 15.8 Å². The van der Waals surface area contributed by atoms with Crippen LogP contribution in [0.5, 0.6) is 5.75 Å². The van der Waals surface area contributed by atoms with E-state index in [0.717, 1.165) is 19.0 Å². The van der Waals surface area contributed by atoms with E-state index >= 15 is 0 Å². The van der Waals surface area contributed by atoms with Crippen LogP contribution in [0.15, 0.2) is 23.1 Å². The molecule has 0 amide bonds. The van der Waals surface area contributed by atoms with E-state index in [4.69, 9.17) is 4.74 Å². The zero-order chi connectivity index (χ0) is 13.2. The standard InChI is InChI=1S/C11H15FN2O3S/c1-17-11-6-9(2-3-10(11)12)18(15,16)14-8-4-5-13-7-8/h2-3,6,8,13-14H,4-5,7H2,1H3. The molecular formula is C11H15FN2O3S. The molecule has 0 spiro atoms. The number of hydrogen-bond donors (Lipinski definition) is 2. The minimum atomic E-state index is -3.63. The van der Waals surface area contributed by atoms with Crippen LogP contribution in [0.3, 0.4) is 0 Å². The van der Waals surface area contributed by atoms with Crippen LogP contribution in [-0.2, 0) is 10.0 Å². The van der Waals surface area contributed by atoms with Gasteiger partial charge in [0.2, 0.25) is 10.0 Å². The maximum Gasteiger partial charge on any atom is 0.241 e. The summed E-state index contributed by atoms with van der Waals surface area (Å²) in [6, 6.07) is 3.37. The highest BCUT2D eigenvalue weighted by Gasteiger charge is 2.23. The van der Waals surface area contributed by atoms with Gasteiger partial charge in [0.1, 0.15) is 0 Å². The van der Waals surface area contributed by atoms with Crippen LogP contribution < -0.4 is 14.8 Å². The predicted octanol–water partition coefficient (Wildman–Crippen LogP) is 0.475. The van der Waals surface area contributed by atoms with Gasteiger partial charge in [-0.15, -0.1) is 0 Å². The fraction of sp³-hybridized carbons (Fsp3) is 0.455. The smallest absolute Gasteiger partial charge is 0.241 e. The molecule has 1 saturated heterocycles. The summed E-state index contributed by atoms with van der Waals surface area (Å²) in [7, 11) is -2.33. The third-order valence-electron chi connectivity index (χ3n) is 2.82. The van der Waals surface area contributed by atoms with Crippen molar-refractivity contribution < 1.29 is 17.5 Å². The lowest BCUT2D eigenvalue weighted by atomic mass is 10.3. The van der Waals surface area contributed by atoms with Crippen LogP contribution >= 0.6 is 0 Å².